The standard InChI is InChI=1S/C14H19N3/c1-11-6-12(2)8-14(7-11)17-10-13(9-16-17)4-5-15-3/h6-10,15H,4-5H2,1-3H3. The third kappa shape index (κ3) is 2.94. The SMILES string of the molecule is CNCCc1cnn(-c2cc(C)cc(C)c2)c1. The van der Waals surface area contributed by atoms with Gasteiger partial charge in [0.1, 0.15) is 0 Å². The molecule has 0 aliphatic rings. The second-order valence-corrected chi connectivity index (χ2v) is 4.49. The van der Waals surface area contributed by atoms with Crippen LogP contribution in [0.15, 0.2) is 30.6 Å². The minimum absolute atomic E-state index is 0.985. The highest BCUT2D eigenvalue weighted by Gasteiger charge is 2.02. The van der Waals surface area contributed by atoms with Crippen molar-refractivity contribution in [3.63, 3.8) is 0 Å². The maximum atomic E-state index is 4.41. The van der Waals surface area contributed by atoms with Crippen LogP contribution in [0, 0.1) is 13.8 Å². The zero-order valence-electron chi connectivity index (χ0n) is 10.7. The molecule has 0 radical (unpaired) electrons. The number of rotatable bonds is 4. The number of nitrogens with one attached hydrogen (secondary N) is 1. The van der Waals surface area contributed by atoms with Crippen LogP contribution < -0.4 is 5.32 Å². The van der Waals surface area contributed by atoms with Gasteiger partial charge in [-0.2, -0.15) is 5.10 Å². The van der Waals surface area contributed by atoms with Gasteiger partial charge in [0.05, 0.1) is 11.9 Å². The van der Waals surface area contributed by atoms with Crippen LogP contribution in [0.3, 0.4) is 0 Å². The maximum Gasteiger partial charge on any atom is 0.0650 e. The Kier molecular flexibility index (Phi) is 3.59. The molecule has 2 aromatic rings. The molecule has 0 fully saturated rings. The molecule has 0 amide bonds. The Labute approximate surface area is 102 Å². The topological polar surface area (TPSA) is 29.9 Å². The summed E-state index contributed by atoms with van der Waals surface area (Å²) >= 11 is 0. The molecule has 0 bridgehead atoms. The van der Waals surface area contributed by atoms with Crippen LogP contribution >= 0.6 is 0 Å². The van der Waals surface area contributed by atoms with Gasteiger partial charge < -0.3 is 5.32 Å². The van der Waals surface area contributed by atoms with E-state index in [2.05, 4.69) is 48.7 Å². The minimum atomic E-state index is 0.985. The monoisotopic (exact) mass is 229 g/mol. The van der Waals surface area contributed by atoms with Gasteiger partial charge in [0, 0.05) is 6.20 Å². The van der Waals surface area contributed by atoms with Crippen LogP contribution in [-0.2, 0) is 6.42 Å². The molecule has 3 heteroatoms. The molecule has 1 N–H and O–H groups in total. The summed E-state index contributed by atoms with van der Waals surface area (Å²) in [6.45, 7) is 5.21. The van der Waals surface area contributed by atoms with Gasteiger partial charge in [-0.25, -0.2) is 4.68 Å². The summed E-state index contributed by atoms with van der Waals surface area (Å²) in [5.41, 5.74) is 4.94. The Hall–Kier alpha value is -1.61. The molecular weight excluding hydrogens is 210 g/mol. The van der Waals surface area contributed by atoms with Crippen molar-refractivity contribution in [2.75, 3.05) is 13.6 Å². The fraction of sp³-hybridized carbons (Fsp3) is 0.357. The number of aromatic nitrogens is 2. The van der Waals surface area contributed by atoms with Gasteiger partial charge in [-0.05, 0) is 62.7 Å². The second kappa shape index (κ2) is 5.15. The number of nitrogens with zero attached hydrogens (tertiary/aromatic N) is 2. The molecule has 1 aromatic heterocycles. The summed E-state index contributed by atoms with van der Waals surface area (Å²) in [7, 11) is 1.97. The molecular formula is C14H19N3. The third-order valence-electron chi connectivity index (χ3n) is 2.77. The number of benzene rings is 1. The smallest absolute Gasteiger partial charge is 0.0650 e. The molecule has 1 heterocycles. The first-order valence-corrected chi connectivity index (χ1v) is 5.96. The first kappa shape index (κ1) is 11.9. The molecule has 0 aliphatic heterocycles. The van der Waals surface area contributed by atoms with Crippen LogP contribution in [0.25, 0.3) is 5.69 Å². The van der Waals surface area contributed by atoms with E-state index < -0.39 is 0 Å². The van der Waals surface area contributed by atoms with E-state index in [0.717, 1.165) is 18.7 Å². The van der Waals surface area contributed by atoms with Crippen molar-refractivity contribution in [3.05, 3.63) is 47.3 Å². The quantitative estimate of drug-likeness (QED) is 0.871. The summed E-state index contributed by atoms with van der Waals surface area (Å²) < 4.78 is 1.95. The minimum Gasteiger partial charge on any atom is -0.319 e. The van der Waals surface area contributed by atoms with Crippen LogP contribution in [-0.4, -0.2) is 23.4 Å². The first-order chi connectivity index (χ1) is 8.19. The Morgan fingerprint density at radius 2 is 1.88 bits per heavy atom. The summed E-state index contributed by atoms with van der Waals surface area (Å²) in [6.07, 6.45) is 5.06. The van der Waals surface area contributed by atoms with Crippen molar-refractivity contribution in [2.45, 2.75) is 20.3 Å². The molecule has 0 aliphatic carbocycles. The normalized spacial score (nSPS) is 10.8. The summed E-state index contributed by atoms with van der Waals surface area (Å²) in [6, 6.07) is 6.48. The Morgan fingerprint density at radius 3 is 2.53 bits per heavy atom. The van der Waals surface area contributed by atoms with E-state index in [-0.39, 0.29) is 0 Å². The largest absolute Gasteiger partial charge is 0.319 e. The van der Waals surface area contributed by atoms with Crippen molar-refractivity contribution in [3.8, 4) is 5.69 Å². The fourth-order valence-electron chi connectivity index (χ4n) is 1.98. The third-order valence-corrected chi connectivity index (χ3v) is 2.77. The molecule has 0 unspecified atom stereocenters. The van der Waals surface area contributed by atoms with Crippen molar-refractivity contribution in [2.24, 2.45) is 0 Å². The van der Waals surface area contributed by atoms with Gasteiger partial charge in [0.25, 0.3) is 0 Å². The van der Waals surface area contributed by atoms with Crippen molar-refractivity contribution in [1.29, 1.82) is 0 Å². The average molecular weight is 229 g/mol. The van der Waals surface area contributed by atoms with Crippen LogP contribution in [0.4, 0.5) is 0 Å². The van der Waals surface area contributed by atoms with Crippen LogP contribution in [0.2, 0.25) is 0 Å². The molecule has 2 rings (SSSR count). The fourth-order valence-corrected chi connectivity index (χ4v) is 1.98. The van der Waals surface area contributed by atoms with Crippen LogP contribution in [0.5, 0.6) is 0 Å². The Balaban J connectivity index is 2.24. The summed E-state index contributed by atoms with van der Waals surface area (Å²) in [5, 5.41) is 7.56. The molecule has 0 saturated carbocycles. The molecule has 0 spiro atoms. The van der Waals surface area contributed by atoms with E-state index in [1.165, 1.54) is 16.7 Å². The summed E-state index contributed by atoms with van der Waals surface area (Å²) in [5.74, 6) is 0. The zero-order chi connectivity index (χ0) is 12.3. The van der Waals surface area contributed by atoms with E-state index in [4.69, 9.17) is 0 Å². The van der Waals surface area contributed by atoms with Crippen LogP contribution in [0.1, 0.15) is 16.7 Å². The lowest BCUT2D eigenvalue weighted by atomic mass is 10.1. The lowest BCUT2D eigenvalue weighted by molar-refractivity contribution is 0.791. The lowest BCUT2D eigenvalue weighted by Gasteiger charge is -2.04. The number of likely N-dealkylation sites (N-methyl/N-ethyl adjacent to an activating group) is 1. The Bertz CT molecular complexity index is 480. The Morgan fingerprint density at radius 1 is 1.18 bits per heavy atom. The molecule has 17 heavy (non-hydrogen) atoms. The predicted octanol–water partition coefficient (Wildman–Crippen LogP) is 2.25. The van der Waals surface area contributed by atoms with Crippen molar-refractivity contribution < 1.29 is 0 Å². The lowest BCUT2D eigenvalue weighted by Crippen LogP contribution is -2.09. The zero-order valence-corrected chi connectivity index (χ0v) is 10.7. The van der Waals surface area contributed by atoms with Gasteiger partial charge in [-0.3, -0.25) is 0 Å². The van der Waals surface area contributed by atoms with E-state index in [1.807, 2.05) is 17.9 Å². The predicted molar refractivity (Wildman–Crippen MR) is 70.7 cm³/mol. The van der Waals surface area contributed by atoms with Gasteiger partial charge in [-0.15, -0.1) is 0 Å². The molecule has 90 valence electrons. The maximum absolute atomic E-state index is 4.41. The number of aryl methyl sites for hydroxylation is 2. The first-order valence-electron chi connectivity index (χ1n) is 5.96. The van der Waals surface area contributed by atoms with Crippen molar-refractivity contribution >= 4 is 0 Å². The van der Waals surface area contributed by atoms with Gasteiger partial charge in [0.15, 0.2) is 0 Å². The van der Waals surface area contributed by atoms with E-state index in [1.54, 1.807) is 0 Å². The van der Waals surface area contributed by atoms with E-state index in [9.17, 15) is 0 Å². The van der Waals surface area contributed by atoms with Crippen molar-refractivity contribution in [1.82, 2.24) is 15.1 Å². The molecule has 0 atom stereocenters. The number of hydrogen-bond donors (Lipinski definition) is 1. The highest BCUT2D eigenvalue weighted by molar-refractivity contribution is 5.39. The average Bonchev–Trinajstić information content (AvgIpc) is 2.73. The second-order valence-electron chi connectivity index (χ2n) is 4.49. The van der Waals surface area contributed by atoms with Gasteiger partial charge >= 0.3 is 0 Å². The molecule has 1 aromatic carbocycles. The highest BCUT2D eigenvalue weighted by atomic mass is 15.3. The van der Waals surface area contributed by atoms with E-state index in [0.29, 0.717) is 0 Å². The molecule has 3 nitrogen and oxygen atoms in total. The van der Waals surface area contributed by atoms with Gasteiger partial charge in [-0.1, -0.05) is 6.07 Å². The van der Waals surface area contributed by atoms with E-state index >= 15 is 0 Å². The highest BCUT2D eigenvalue weighted by Crippen LogP contribution is 2.13. The molecule has 0 saturated heterocycles. The summed E-state index contributed by atoms with van der Waals surface area (Å²) in [4.78, 5) is 0. The van der Waals surface area contributed by atoms with Gasteiger partial charge in [0.2, 0.25) is 0 Å². The number of hydrogen-bond acceptors (Lipinski definition) is 2.